The fourth-order valence-corrected chi connectivity index (χ4v) is 1.24. The van der Waals surface area contributed by atoms with Gasteiger partial charge in [0, 0.05) is 0 Å². The zero-order chi connectivity index (χ0) is 11.3. The van der Waals surface area contributed by atoms with Gasteiger partial charge in [0.05, 0.1) is 6.61 Å². The molecule has 0 bridgehead atoms. The second-order valence-electron chi connectivity index (χ2n) is 4.53. The Balaban J connectivity index is 2.44. The maximum absolute atomic E-state index is 5.73. The van der Waals surface area contributed by atoms with Crippen LogP contribution in [0.15, 0.2) is 24.3 Å². The lowest BCUT2D eigenvalue weighted by atomic mass is 9.73. The van der Waals surface area contributed by atoms with Crippen molar-refractivity contribution in [2.24, 2.45) is 11.8 Å². The van der Waals surface area contributed by atoms with Crippen molar-refractivity contribution in [3.05, 3.63) is 24.3 Å². The van der Waals surface area contributed by atoms with Crippen LogP contribution in [-0.2, 0) is 0 Å². The molecule has 0 radical (unpaired) electrons. The van der Waals surface area contributed by atoms with Crippen LogP contribution >= 0.6 is 0 Å². The molecule has 1 nitrogen and oxygen atoms in total. The second-order valence-corrected chi connectivity index (χ2v) is 4.53. The van der Waals surface area contributed by atoms with Crippen molar-refractivity contribution in [2.45, 2.75) is 27.6 Å². The lowest BCUT2D eigenvalue weighted by Crippen LogP contribution is -2.15. The summed E-state index contributed by atoms with van der Waals surface area (Å²) in [6.45, 7) is 9.66. The van der Waals surface area contributed by atoms with E-state index in [1.807, 2.05) is 0 Å². The Morgan fingerprint density at radius 3 is 2.20 bits per heavy atom. The lowest BCUT2D eigenvalue weighted by molar-refractivity contribution is 0.223. The highest BCUT2D eigenvalue weighted by molar-refractivity contribution is 6.51. The monoisotopic (exact) mass is 204 g/mol. The molecule has 1 rings (SSSR count). The van der Waals surface area contributed by atoms with Gasteiger partial charge in [0.1, 0.15) is 5.75 Å². The summed E-state index contributed by atoms with van der Waals surface area (Å²) >= 11 is 0. The van der Waals surface area contributed by atoms with Crippen molar-refractivity contribution in [2.75, 3.05) is 6.61 Å². The van der Waals surface area contributed by atoms with Crippen LogP contribution in [0.3, 0.4) is 0 Å². The number of ether oxygens (including phenoxy) is 1. The van der Waals surface area contributed by atoms with Gasteiger partial charge in [0.2, 0.25) is 0 Å². The molecule has 82 valence electrons. The average Bonchev–Trinajstić information content (AvgIpc) is 2.26. The van der Waals surface area contributed by atoms with E-state index in [1.165, 1.54) is 5.46 Å². The molecule has 0 aliphatic heterocycles. The van der Waals surface area contributed by atoms with Gasteiger partial charge in [-0.1, -0.05) is 45.2 Å². The van der Waals surface area contributed by atoms with E-state index in [0.717, 1.165) is 19.6 Å². The van der Waals surface area contributed by atoms with Gasteiger partial charge in [-0.25, -0.2) is 0 Å². The summed E-state index contributed by atoms with van der Waals surface area (Å²) in [5.74, 6) is 2.27. The summed E-state index contributed by atoms with van der Waals surface area (Å²) in [7, 11) is 1.09. The summed E-state index contributed by atoms with van der Waals surface area (Å²) < 4.78 is 5.73. The molecule has 0 heterocycles. The third-order valence-corrected chi connectivity index (χ3v) is 2.98. The Kier molecular flexibility index (Phi) is 4.74. The Morgan fingerprint density at radius 1 is 1.13 bits per heavy atom. The molecular formula is C13H21BO. The van der Waals surface area contributed by atoms with E-state index in [9.17, 15) is 0 Å². The van der Waals surface area contributed by atoms with Crippen LogP contribution in [0, 0.1) is 11.8 Å². The van der Waals surface area contributed by atoms with Gasteiger partial charge in [-0.05, 0) is 24.0 Å². The smallest absolute Gasteiger partial charge is 0.154 e. The largest absolute Gasteiger partial charge is 0.493 e. The molecule has 15 heavy (non-hydrogen) atoms. The van der Waals surface area contributed by atoms with Gasteiger partial charge in [0.25, 0.3) is 0 Å². The molecule has 2 heteroatoms. The Hall–Kier alpha value is -0.915. The molecule has 1 unspecified atom stereocenters. The Labute approximate surface area is 94.1 Å². The Morgan fingerprint density at radius 2 is 1.73 bits per heavy atom. The fraction of sp³-hybridized carbons (Fsp3) is 0.538. The topological polar surface area (TPSA) is 9.23 Å². The highest BCUT2D eigenvalue weighted by Crippen LogP contribution is 2.13. The van der Waals surface area contributed by atoms with Crippen molar-refractivity contribution in [1.29, 1.82) is 0 Å². The summed E-state index contributed by atoms with van der Waals surface area (Å²) in [4.78, 5) is 0. The molecule has 0 fully saturated rings. The third-order valence-electron chi connectivity index (χ3n) is 2.98. The fourth-order valence-electron chi connectivity index (χ4n) is 1.24. The van der Waals surface area contributed by atoms with Gasteiger partial charge >= 0.3 is 0 Å². The van der Waals surface area contributed by atoms with E-state index >= 15 is 0 Å². The lowest BCUT2D eigenvalue weighted by Gasteiger charge is -2.16. The van der Waals surface area contributed by atoms with Crippen LogP contribution in [0.1, 0.15) is 20.8 Å². The number of hydrogen-bond acceptors (Lipinski definition) is 1. The number of rotatable bonds is 5. The summed E-state index contributed by atoms with van der Waals surface area (Å²) in [6.07, 6.45) is 0. The average molecular weight is 204 g/mol. The molecule has 0 saturated carbocycles. The van der Waals surface area contributed by atoms with E-state index in [2.05, 4.69) is 51.9 Å². The van der Waals surface area contributed by atoms with Crippen molar-refractivity contribution in [3.63, 3.8) is 0 Å². The van der Waals surface area contributed by atoms with E-state index < -0.39 is 0 Å². The highest BCUT2D eigenvalue weighted by atomic mass is 16.5. The predicted molar refractivity (Wildman–Crippen MR) is 68.6 cm³/mol. The third kappa shape index (κ3) is 3.99. The van der Waals surface area contributed by atoms with Crippen LogP contribution in [0.2, 0.25) is 6.82 Å². The number of benzene rings is 1. The van der Waals surface area contributed by atoms with Crippen LogP contribution in [0.25, 0.3) is 0 Å². The SMILES string of the molecule is CBc1ccc(OCC(C)C(C)C)cc1. The van der Waals surface area contributed by atoms with Gasteiger partial charge < -0.3 is 4.74 Å². The van der Waals surface area contributed by atoms with E-state index in [-0.39, 0.29) is 0 Å². The maximum Gasteiger partial charge on any atom is 0.154 e. The number of hydrogen-bond donors (Lipinski definition) is 0. The molecule has 0 spiro atoms. The first kappa shape index (κ1) is 12.2. The molecule has 0 aliphatic rings. The minimum Gasteiger partial charge on any atom is -0.493 e. The molecule has 0 aliphatic carbocycles. The molecule has 0 amide bonds. The van der Waals surface area contributed by atoms with E-state index in [4.69, 9.17) is 4.74 Å². The van der Waals surface area contributed by atoms with Crippen LogP contribution in [-0.4, -0.2) is 13.9 Å². The zero-order valence-electron chi connectivity index (χ0n) is 10.3. The minimum absolute atomic E-state index is 0.607. The van der Waals surface area contributed by atoms with Crippen LogP contribution in [0.4, 0.5) is 0 Å². The maximum atomic E-state index is 5.73. The zero-order valence-corrected chi connectivity index (χ0v) is 10.3. The molecule has 1 aromatic carbocycles. The summed E-state index contributed by atoms with van der Waals surface area (Å²) in [6, 6.07) is 8.39. The van der Waals surface area contributed by atoms with Gasteiger partial charge in [-0.3, -0.25) is 0 Å². The summed E-state index contributed by atoms with van der Waals surface area (Å²) in [5.41, 5.74) is 1.36. The predicted octanol–water partition coefficient (Wildman–Crippen LogP) is 2.47. The normalized spacial score (nSPS) is 12.6. The van der Waals surface area contributed by atoms with Crippen LogP contribution in [0.5, 0.6) is 5.75 Å². The molecule has 1 atom stereocenters. The molecule has 0 aromatic heterocycles. The van der Waals surface area contributed by atoms with E-state index in [1.54, 1.807) is 0 Å². The van der Waals surface area contributed by atoms with Gasteiger partial charge in [-0.15, -0.1) is 0 Å². The standard InChI is InChI=1S/C13H21BO/c1-10(2)11(3)9-15-13-7-5-12(14-4)6-8-13/h5-8,10-11,14H,9H2,1-4H3. The van der Waals surface area contributed by atoms with Crippen molar-refractivity contribution in [3.8, 4) is 5.75 Å². The highest BCUT2D eigenvalue weighted by Gasteiger charge is 2.07. The van der Waals surface area contributed by atoms with Gasteiger partial charge in [-0.2, -0.15) is 0 Å². The minimum atomic E-state index is 0.607. The molecule has 0 N–H and O–H groups in total. The first-order valence-electron chi connectivity index (χ1n) is 5.85. The van der Waals surface area contributed by atoms with Crippen molar-refractivity contribution in [1.82, 2.24) is 0 Å². The van der Waals surface area contributed by atoms with Gasteiger partial charge in [0.15, 0.2) is 7.28 Å². The first-order chi connectivity index (χ1) is 7.13. The summed E-state index contributed by atoms with van der Waals surface area (Å²) in [5, 5.41) is 0. The second kappa shape index (κ2) is 5.84. The van der Waals surface area contributed by atoms with Crippen molar-refractivity contribution >= 4 is 12.7 Å². The quantitative estimate of drug-likeness (QED) is 0.669. The molecular weight excluding hydrogens is 183 g/mol. The van der Waals surface area contributed by atoms with Crippen LogP contribution < -0.4 is 10.2 Å². The molecule has 0 saturated heterocycles. The van der Waals surface area contributed by atoms with E-state index in [0.29, 0.717) is 11.8 Å². The van der Waals surface area contributed by atoms with Crippen molar-refractivity contribution < 1.29 is 4.74 Å². The molecule has 1 aromatic rings. The Bertz CT molecular complexity index is 279. The first-order valence-corrected chi connectivity index (χ1v) is 5.85.